The molecule has 3 heterocycles. The van der Waals surface area contributed by atoms with Crippen LogP contribution in [-0.4, -0.2) is 53.0 Å². The first kappa shape index (κ1) is 25.2. The van der Waals surface area contributed by atoms with Crippen LogP contribution >= 0.6 is 22.9 Å². The van der Waals surface area contributed by atoms with Crippen LogP contribution in [0.4, 0.5) is 23.2 Å². The maximum Gasteiger partial charge on any atom is 0.516 e. The predicted molar refractivity (Wildman–Crippen MR) is 123 cm³/mol. The van der Waals surface area contributed by atoms with Gasteiger partial charge >= 0.3 is 15.5 Å². The summed E-state index contributed by atoms with van der Waals surface area (Å²) < 4.78 is 77.8. The van der Waals surface area contributed by atoms with Crippen molar-refractivity contribution in [1.29, 1.82) is 0 Å². The molecule has 0 fully saturated rings. The van der Waals surface area contributed by atoms with Gasteiger partial charge < -0.3 is 5.32 Å². The monoisotopic (exact) mass is 552 g/mol. The molecule has 3 aromatic rings. The minimum absolute atomic E-state index is 0.00877. The van der Waals surface area contributed by atoms with E-state index in [4.69, 9.17) is 11.6 Å². The molecule has 1 aliphatic heterocycles. The molecule has 35 heavy (non-hydrogen) atoms. The highest BCUT2D eigenvalue weighted by Gasteiger charge is 2.50. The first-order valence-electron chi connectivity index (χ1n) is 10.0. The average Bonchev–Trinajstić information content (AvgIpc) is 3.32. The zero-order valence-corrected chi connectivity index (χ0v) is 20.3. The molecule has 0 aliphatic carbocycles. The number of hydrogen-bond acceptors (Lipinski definition) is 7. The quantitative estimate of drug-likeness (QED) is 0.471. The Morgan fingerprint density at radius 3 is 2.63 bits per heavy atom. The van der Waals surface area contributed by atoms with Gasteiger partial charge in [-0.3, -0.25) is 14.2 Å². The highest BCUT2D eigenvalue weighted by Crippen LogP contribution is 2.29. The number of rotatable bonds is 6. The van der Waals surface area contributed by atoms with E-state index in [0.29, 0.717) is 39.0 Å². The Bertz CT molecular complexity index is 1420. The number of hydrogen-bond donors (Lipinski definition) is 1. The van der Waals surface area contributed by atoms with Crippen LogP contribution in [0.2, 0.25) is 4.34 Å². The van der Waals surface area contributed by atoms with E-state index in [9.17, 15) is 30.8 Å². The number of imidazole rings is 1. The summed E-state index contributed by atoms with van der Waals surface area (Å²) in [6, 6.07) is 4.01. The van der Waals surface area contributed by atoms with Gasteiger partial charge in [0.2, 0.25) is 0 Å². The van der Waals surface area contributed by atoms with Crippen molar-refractivity contribution in [1.82, 2.24) is 19.0 Å². The number of alkyl halides is 3. The van der Waals surface area contributed by atoms with E-state index in [0.717, 1.165) is 11.1 Å². The number of carbonyl (C=O) groups is 1. The van der Waals surface area contributed by atoms with Gasteiger partial charge in [-0.15, -0.1) is 0 Å². The molecule has 16 heteroatoms. The van der Waals surface area contributed by atoms with Gasteiger partial charge in [0.1, 0.15) is 22.2 Å². The van der Waals surface area contributed by atoms with Crippen molar-refractivity contribution in [2.24, 2.45) is 5.10 Å². The van der Waals surface area contributed by atoms with E-state index < -0.39 is 33.8 Å². The van der Waals surface area contributed by atoms with E-state index in [-0.39, 0.29) is 23.1 Å². The third-order valence-electron chi connectivity index (χ3n) is 5.12. The van der Waals surface area contributed by atoms with Crippen LogP contribution < -0.4 is 10.3 Å². The number of hydrazone groups is 1. The Labute approximate surface area is 205 Å². The number of aromatic nitrogens is 2. The van der Waals surface area contributed by atoms with E-state index >= 15 is 0 Å². The van der Waals surface area contributed by atoms with Crippen molar-refractivity contribution in [2.75, 3.05) is 18.1 Å². The molecule has 1 aromatic carbocycles. The number of sulfonamides is 1. The minimum Gasteiger partial charge on any atom is -0.347 e. The lowest BCUT2D eigenvalue weighted by Gasteiger charge is -2.29. The van der Waals surface area contributed by atoms with Crippen molar-refractivity contribution in [3.63, 3.8) is 0 Å². The van der Waals surface area contributed by atoms with Gasteiger partial charge in [-0.1, -0.05) is 35.9 Å². The van der Waals surface area contributed by atoms with E-state index in [1.54, 1.807) is 10.6 Å². The molecule has 0 unspecified atom stereocenters. The van der Waals surface area contributed by atoms with E-state index in [1.165, 1.54) is 23.5 Å². The van der Waals surface area contributed by atoms with Crippen LogP contribution in [0.25, 0.3) is 4.96 Å². The predicted octanol–water partition coefficient (Wildman–Crippen LogP) is 3.60. The van der Waals surface area contributed by atoms with Gasteiger partial charge in [0.15, 0.2) is 4.96 Å². The number of amides is 1. The largest absolute Gasteiger partial charge is 0.516 e. The van der Waals surface area contributed by atoms with Gasteiger partial charge in [-0.2, -0.15) is 26.7 Å². The second kappa shape index (κ2) is 9.28. The number of carbonyl (C=O) groups excluding carboxylic acids is 1. The number of nitrogens with one attached hydrogen (secondary N) is 1. The lowest BCUT2D eigenvalue weighted by atomic mass is 10.1. The van der Waals surface area contributed by atoms with Crippen molar-refractivity contribution in [3.8, 4) is 0 Å². The molecule has 9 nitrogen and oxygen atoms in total. The fraction of sp³-hybridized carbons (Fsp3) is 0.316. The van der Waals surface area contributed by atoms with Crippen LogP contribution in [0, 0.1) is 5.82 Å². The zero-order chi connectivity index (χ0) is 25.5. The molecule has 0 bridgehead atoms. The normalized spacial score (nSPS) is 14.7. The summed E-state index contributed by atoms with van der Waals surface area (Å²) in [6.45, 7) is 0.999. The molecule has 2 aromatic heterocycles. The van der Waals surface area contributed by atoms with E-state index in [1.807, 2.05) is 6.92 Å². The lowest BCUT2D eigenvalue weighted by Crippen LogP contribution is -2.46. The lowest BCUT2D eigenvalue weighted by molar-refractivity contribution is -0.0471. The Balaban J connectivity index is 1.45. The van der Waals surface area contributed by atoms with Crippen LogP contribution in [0.15, 0.2) is 29.5 Å². The molecule has 4 rings (SSSR count). The second-order valence-electron chi connectivity index (χ2n) is 7.33. The zero-order valence-electron chi connectivity index (χ0n) is 17.9. The van der Waals surface area contributed by atoms with Crippen LogP contribution in [0.3, 0.4) is 0 Å². The summed E-state index contributed by atoms with van der Waals surface area (Å²) in [5, 5.41) is 7.40. The van der Waals surface area contributed by atoms with Gasteiger partial charge in [0.25, 0.3) is 5.91 Å². The third kappa shape index (κ3) is 4.79. The summed E-state index contributed by atoms with van der Waals surface area (Å²) in [5.74, 6) is -1.16. The number of thiazole rings is 1. The maximum atomic E-state index is 14.7. The van der Waals surface area contributed by atoms with Crippen molar-refractivity contribution < 1.29 is 30.8 Å². The fourth-order valence-corrected chi connectivity index (χ4v) is 5.20. The maximum absolute atomic E-state index is 14.7. The molecule has 0 spiro atoms. The molecule has 1 aliphatic rings. The summed E-state index contributed by atoms with van der Waals surface area (Å²) in [6.07, 6.45) is 2.61. The van der Waals surface area contributed by atoms with Crippen LogP contribution in [0.1, 0.15) is 28.7 Å². The van der Waals surface area contributed by atoms with E-state index in [2.05, 4.69) is 15.4 Å². The number of aryl methyl sites for hydroxylation is 1. The molecule has 1 amide bonds. The average molecular weight is 553 g/mol. The first-order valence-corrected chi connectivity index (χ1v) is 12.7. The summed E-state index contributed by atoms with van der Waals surface area (Å²) >= 11 is 7.24. The number of anilines is 1. The molecule has 188 valence electrons. The molecule has 0 saturated heterocycles. The van der Waals surface area contributed by atoms with Gasteiger partial charge in [0.05, 0.1) is 24.5 Å². The number of halogens is 5. The fourth-order valence-electron chi connectivity index (χ4n) is 3.41. The summed E-state index contributed by atoms with van der Waals surface area (Å²) in [5.41, 5.74) is -4.17. The van der Waals surface area contributed by atoms with Crippen LogP contribution in [0.5, 0.6) is 0 Å². The number of fused-ring (bicyclic) bond motifs is 1. The molecule has 0 radical (unpaired) electrons. The smallest absolute Gasteiger partial charge is 0.347 e. The Morgan fingerprint density at radius 1 is 1.29 bits per heavy atom. The van der Waals surface area contributed by atoms with Gasteiger partial charge in [-0.25, -0.2) is 13.7 Å². The van der Waals surface area contributed by atoms with Crippen molar-refractivity contribution in [2.45, 2.75) is 25.4 Å². The second-order valence-corrected chi connectivity index (χ2v) is 10.9. The van der Waals surface area contributed by atoms with Crippen molar-refractivity contribution in [3.05, 3.63) is 51.5 Å². The number of benzene rings is 1. The standard InChI is InChI=1S/C19H17ClF4N6O3S2/c1-2-13-16(29-9-15(20)34-18(29)27-13)17(31)25-8-11-3-4-14(12(21)7-11)30-6-5-28(10-26-30)35(32,33)19(22,23)24/h3-4,7,9-10H,2,5-6,8H2,1H3,(H,25,31). The Hall–Kier alpha value is -2.91. The number of nitrogens with zero attached hydrogens (tertiary/aromatic N) is 5. The summed E-state index contributed by atoms with van der Waals surface area (Å²) in [4.78, 5) is 17.8. The molecule has 0 atom stereocenters. The van der Waals surface area contributed by atoms with Crippen LogP contribution in [-0.2, 0) is 23.0 Å². The molecule has 1 N–H and O–H groups in total. The molecule has 0 saturated carbocycles. The SMILES string of the molecule is CCc1nc2sc(Cl)cn2c1C(=O)NCc1ccc(N2CCN(S(=O)(=O)C(F)(F)F)C=N2)c(F)c1. The van der Waals surface area contributed by atoms with Gasteiger partial charge in [0, 0.05) is 12.7 Å². The molecular weight excluding hydrogens is 536 g/mol. The summed E-state index contributed by atoms with van der Waals surface area (Å²) in [7, 11) is -5.56. The minimum atomic E-state index is -5.56. The van der Waals surface area contributed by atoms with Gasteiger partial charge in [-0.05, 0) is 24.1 Å². The Morgan fingerprint density at radius 2 is 2.03 bits per heavy atom. The highest BCUT2D eigenvalue weighted by molar-refractivity contribution is 7.90. The Kier molecular flexibility index (Phi) is 6.68. The first-order chi connectivity index (χ1) is 16.4. The molecular formula is C19H17ClF4N6O3S2. The van der Waals surface area contributed by atoms with Crippen molar-refractivity contribution >= 4 is 55.9 Å². The highest BCUT2D eigenvalue weighted by atomic mass is 35.5. The third-order valence-corrected chi connectivity index (χ3v) is 7.70. The topological polar surface area (TPSA) is 99.4 Å².